The van der Waals surface area contributed by atoms with E-state index in [0.717, 1.165) is 5.69 Å². The van der Waals surface area contributed by atoms with Gasteiger partial charge in [-0.2, -0.15) is 5.10 Å². The van der Waals surface area contributed by atoms with Crippen LogP contribution in [-0.2, 0) is 0 Å². The largest absolute Gasteiger partial charge is 0.307 e. The molecule has 1 aromatic heterocycles. The Bertz CT molecular complexity index is 142. The highest BCUT2D eigenvalue weighted by Crippen LogP contribution is 1.81. The van der Waals surface area contributed by atoms with Gasteiger partial charge in [0.2, 0.25) is 0 Å². The molecule has 0 unspecified atom stereocenters. The Hall–Kier alpha value is -1.12. The van der Waals surface area contributed by atoms with Crippen LogP contribution in [0.5, 0.6) is 0 Å². The maximum atomic E-state index is 6.66. The van der Waals surface area contributed by atoms with Crippen molar-refractivity contribution in [3.8, 4) is 0 Å². The molecule has 0 radical (unpaired) electrons. The topological polar surface area (TPSA) is 52.5 Å². The molecule has 0 bridgehead atoms. The van der Waals surface area contributed by atoms with Gasteiger partial charge in [-0.05, 0) is 6.07 Å². The van der Waals surface area contributed by atoms with Gasteiger partial charge in [-0.15, -0.1) is 0 Å². The first-order chi connectivity index (χ1) is 3.43. The summed E-state index contributed by atoms with van der Waals surface area (Å²) in [5, 5.41) is 12.9. The van der Waals surface area contributed by atoms with E-state index in [2.05, 4.69) is 10.2 Å². The first-order valence-electron chi connectivity index (χ1n) is 1.93. The number of nitrogens with zero attached hydrogens (tertiary/aromatic N) is 1. The van der Waals surface area contributed by atoms with Crippen LogP contribution in [0, 0.1) is 5.41 Å². The molecule has 0 aliphatic heterocycles. The second-order valence-corrected chi connectivity index (χ2v) is 1.16. The van der Waals surface area contributed by atoms with E-state index in [9.17, 15) is 0 Å². The summed E-state index contributed by atoms with van der Waals surface area (Å²) < 4.78 is 0. The van der Waals surface area contributed by atoms with Gasteiger partial charge in [-0.3, -0.25) is 5.10 Å². The van der Waals surface area contributed by atoms with Crippen LogP contribution in [0.2, 0.25) is 0 Å². The third-order valence-electron chi connectivity index (χ3n) is 0.678. The van der Waals surface area contributed by atoms with Gasteiger partial charge in [0.25, 0.3) is 0 Å². The smallest absolute Gasteiger partial charge is 0.0753 e. The van der Waals surface area contributed by atoms with Crippen molar-refractivity contribution in [1.82, 2.24) is 10.2 Å². The lowest BCUT2D eigenvalue weighted by Gasteiger charge is -1.71. The van der Waals surface area contributed by atoms with Crippen LogP contribution in [0.25, 0.3) is 0 Å². The standard InChI is InChI=1S/C4H5N3/c5-3-4-1-2-6-7-4/h1-3,5H,(H,6,7). The van der Waals surface area contributed by atoms with Crippen LogP contribution >= 0.6 is 0 Å². The number of H-pyrrole nitrogens is 1. The summed E-state index contributed by atoms with van der Waals surface area (Å²) in [7, 11) is 0. The molecule has 0 aliphatic carbocycles. The molecule has 0 atom stereocenters. The second kappa shape index (κ2) is 1.55. The van der Waals surface area contributed by atoms with Gasteiger partial charge in [-0.1, -0.05) is 0 Å². The highest BCUT2D eigenvalue weighted by molar-refractivity contribution is 5.73. The predicted molar refractivity (Wildman–Crippen MR) is 26.5 cm³/mol. The van der Waals surface area contributed by atoms with Crippen LogP contribution in [0.15, 0.2) is 12.3 Å². The van der Waals surface area contributed by atoms with Crippen molar-refractivity contribution in [3.05, 3.63) is 18.0 Å². The molecule has 0 aliphatic rings. The Kier molecular flexibility index (Phi) is 0.898. The van der Waals surface area contributed by atoms with Crippen molar-refractivity contribution >= 4 is 6.21 Å². The minimum absolute atomic E-state index is 0.736. The van der Waals surface area contributed by atoms with E-state index in [1.165, 1.54) is 6.21 Å². The molecule has 0 spiro atoms. The molecule has 3 nitrogen and oxygen atoms in total. The molecule has 7 heavy (non-hydrogen) atoms. The molecule has 0 amide bonds. The second-order valence-electron chi connectivity index (χ2n) is 1.16. The van der Waals surface area contributed by atoms with Gasteiger partial charge in [0.05, 0.1) is 5.69 Å². The Labute approximate surface area is 40.9 Å². The summed E-state index contributed by atoms with van der Waals surface area (Å²) >= 11 is 0. The fraction of sp³-hybridized carbons (Fsp3) is 0. The molecule has 1 heterocycles. The zero-order valence-electron chi connectivity index (χ0n) is 3.68. The van der Waals surface area contributed by atoms with E-state index in [1.807, 2.05) is 0 Å². The minimum atomic E-state index is 0.736. The van der Waals surface area contributed by atoms with Gasteiger partial charge < -0.3 is 5.41 Å². The number of hydrogen-bond donors (Lipinski definition) is 2. The SMILES string of the molecule is N=Cc1ccn[nH]1. The van der Waals surface area contributed by atoms with Gasteiger partial charge in [0.15, 0.2) is 0 Å². The average molecular weight is 95.1 g/mol. The quantitative estimate of drug-likeness (QED) is 0.487. The summed E-state index contributed by atoms with van der Waals surface area (Å²) in [5.41, 5.74) is 0.736. The summed E-state index contributed by atoms with van der Waals surface area (Å²) in [6.07, 6.45) is 2.83. The van der Waals surface area contributed by atoms with Crippen molar-refractivity contribution in [2.45, 2.75) is 0 Å². The molecule has 2 N–H and O–H groups in total. The Balaban J connectivity index is 2.96. The van der Waals surface area contributed by atoms with Crippen LogP contribution in [0.4, 0.5) is 0 Å². The number of nitrogens with one attached hydrogen (secondary N) is 2. The molecule has 3 heteroatoms. The van der Waals surface area contributed by atoms with E-state index in [1.54, 1.807) is 12.3 Å². The normalized spacial score (nSPS) is 8.57. The van der Waals surface area contributed by atoms with Crippen molar-refractivity contribution in [1.29, 1.82) is 5.41 Å². The van der Waals surface area contributed by atoms with E-state index in [0.29, 0.717) is 0 Å². The lowest BCUT2D eigenvalue weighted by molar-refractivity contribution is 1.08. The van der Waals surface area contributed by atoms with Crippen LogP contribution < -0.4 is 0 Å². The number of rotatable bonds is 1. The summed E-state index contributed by atoms with van der Waals surface area (Å²) in [5.74, 6) is 0. The van der Waals surface area contributed by atoms with E-state index in [4.69, 9.17) is 5.41 Å². The van der Waals surface area contributed by atoms with Gasteiger partial charge in [0.1, 0.15) is 0 Å². The summed E-state index contributed by atoms with van der Waals surface area (Å²) in [6.45, 7) is 0. The first-order valence-corrected chi connectivity index (χ1v) is 1.93. The van der Waals surface area contributed by atoms with Gasteiger partial charge in [-0.25, -0.2) is 0 Å². The maximum Gasteiger partial charge on any atom is 0.0753 e. The molecular formula is C4H5N3. The zero-order chi connectivity index (χ0) is 5.11. The number of hydrogen-bond acceptors (Lipinski definition) is 2. The van der Waals surface area contributed by atoms with Gasteiger partial charge >= 0.3 is 0 Å². The molecular weight excluding hydrogens is 90.1 g/mol. The average Bonchev–Trinajstić information content (AvgIpc) is 2.14. The van der Waals surface area contributed by atoms with E-state index < -0.39 is 0 Å². The first kappa shape index (κ1) is 4.05. The Morgan fingerprint density at radius 2 is 2.71 bits per heavy atom. The maximum absolute atomic E-state index is 6.66. The highest BCUT2D eigenvalue weighted by atomic mass is 15.1. The van der Waals surface area contributed by atoms with Gasteiger partial charge in [0, 0.05) is 12.4 Å². The van der Waals surface area contributed by atoms with Crippen molar-refractivity contribution in [2.75, 3.05) is 0 Å². The lowest BCUT2D eigenvalue weighted by atomic mass is 10.5. The van der Waals surface area contributed by atoms with Crippen LogP contribution in [0.3, 0.4) is 0 Å². The predicted octanol–water partition coefficient (Wildman–Crippen LogP) is 0.407. The lowest BCUT2D eigenvalue weighted by Crippen LogP contribution is -1.75. The van der Waals surface area contributed by atoms with Crippen LogP contribution in [-0.4, -0.2) is 16.4 Å². The molecule has 0 saturated heterocycles. The summed E-state index contributed by atoms with van der Waals surface area (Å²) in [6, 6.07) is 1.73. The highest BCUT2D eigenvalue weighted by Gasteiger charge is 1.79. The number of aromatic nitrogens is 2. The van der Waals surface area contributed by atoms with Crippen molar-refractivity contribution < 1.29 is 0 Å². The third kappa shape index (κ3) is 0.652. The molecule has 1 rings (SSSR count). The molecule has 36 valence electrons. The van der Waals surface area contributed by atoms with Crippen molar-refractivity contribution in [3.63, 3.8) is 0 Å². The zero-order valence-corrected chi connectivity index (χ0v) is 3.68. The number of aromatic amines is 1. The third-order valence-corrected chi connectivity index (χ3v) is 0.678. The fourth-order valence-electron chi connectivity index (χ4n) is 0.347. The fourth-order valence-corrected chi connectivity index (χ4v) is 0.347. The Morgan fingerprint density at radius 3 is 3.00 bits per heavy atom. The van der Waals surface area contributed by atoms with E-state index in [-0.39, 0.29) is 0 Å². The van der Waals surface area contributed by atoms with Crippen LogP contribution in [0.1, 0.15) is 5.69 Å². The molecule has 0 aromatic carbocycles. The minimum Gasteiger partial charge on any atom is -0.307 e. The summed E-state index contributed by atoms with van der Waals surface area (Å²) in [4.78, 5) is 0. The molecule has 0 saturated carbocycles. The Morgan fingerprint density at radius 1 is 1.86 bits per heavy atom. The monoisotopic (exact) mass is 95.0 g/mol. The van der Waals surface area contributed by atoms with E-state index >= 15 is 0 Å². The molecule has 0 fully saturated rings. The van der Waals surface area contributed by atoms with Crippen molar-refractivity contribution in [2.24, 2.45) is 0 Å². The molecule has 1 aromatic rings.